The number of carbonyl (C=O) groups is 2. The van der Waals surface area contributed by atoms with E-state index in [-0.39, 0.29) is 30.3 Å². The maximum absolute atomic E-state index is 13.9. The smallest absolute Gasteiger partial charge is 0.254 e. The molecule has 0 radical (unpaired) electrons. The van der Waals surface area contributed by atoms with Gasteiger partial charge in [-0.1, -0.05) is 77.8 Å². The Morgan fingerprint density at radius 1 is 0.837 bits per heavy atom. The molecular formula is C34H25Cl2IN2O4. The van der Waals surface area contributed by atoms with Crippen LogP contribution >= 0.6 is 45.8 Å². The standard InChI is InChI=1S/C34H25Cl2IN2O4/c1-2-42-27-14-18(13-26(37)32(27)43-17-19-11-12-20(35)15-25(19)36)16-38-39-33(40)30-28-21-7-3-4-8-22(21)29(31(30)34(39)41)24-10-6-5-9-23(24)28/h3-16,28-31H,2,17H2,1H3/b38-16-/t28?,29?,30-,31-/m0/s1. The Kier molecular flexibility index (Phi) is 7.43. The second-order valence-corrected chi connectivity index (χ2v) is 12.8. The molecule has 9 heteroatoms. The van der Waals surface area contributed by atoms with Gasteiger partial charge >= 0.3 is 0 Å². The molecule has 1 saturated heterocycles. The first-order chi connectivity index (χ1) is 20.9. The summed E-state index contributed by atoms with van der Waals surface area (Å²) in [6, 6.07) is 25.3. The molecular weight excluding hydrogens is 698 g/mol. The van der Waals surface area contributed by atoms with Gasteiger partial charge in [0.1, 0.15) is 6.61 Å². The highest BCUT2D eigenvalue weighted by Crippen LogP contribution is 2.61. The summed E-state index contributed by atoms with van der Waals surface area (Å²) in [5, 5.41) is 6.62. The van der Waals surface area contributed by atoms with Crippen LogP contribution in [0.25, 0.3) is 0 Å². The Balaban J connectivity index is 1.18. The second-order valence-electron chi connectivity index (χ2n) is 10.8. The van der Waals surface area contributed by atoms with Crippen LogP contribution in [0.3, 0.4) is 0 Å². The van der Waals surface area contributed by atoms with E-state index in [2.05, 4.69) is 52.0 Å². The molecule has 3 aliphatic carbocycles. The fourth-order valence-electron chi connectivity index (χ4n) is 6.75. The monoisotopic (exact) mass is 722 g/mol. The minimum atomic E-state index is -0.478. The third-order valence-electron chi connectivity index (χ3n) is 8.47. The molecule has 0 spiro atoms. The lowest BCUT2D eigenvalue weighted by molar-refractivity contribution is -0.139. The number of nitrogens with zero attached hydrogens (tertiary/aromatic N) is 2. The van der Waals surface area contributed by atoms with Crippen LogP contribution in [0.4, 0.5) is 0 Å². The first kappa shape index (κ1) is 28.4. The number of carbonyl (C=O) groups excluding carboxylic acids is 2. The third-order valence-corrected chi connectivity index (χ3v) is 9.85. The zero-order valence-electron chi connectivity index (χ0n) is 23.0. The number of rotatable bonds is 7. The van der Waals surface area contributed by atoms with E-state index < -0.39 is 11.8 Å². The number of amides is 2. The van der Waals surface area contributed by atoms with Crippen LogP contribution in [-0.2, 0) is 16.2 Å². The number of hydrogen-bond acceptors (Lipinski definition) is 5. The van der Waals surface area contributed by atoms with Crippen molar-refractivity contribution in [1.29, 1.82) is 0 Å². The highest BCUT2D eigenvalue weighted by Gasteiger charge is 2.61. The quantitative estimate of drug-likeness (QED) is 0.111. The Morgan fingerprint density at radius 2 is 1.42 bits per heavy atom. The maximum Gasteiger partial charge on any atom is 0.254 e. The molecule has 1 aliphatic heterocycles. The van der Waals surface area contributed by atoms with Crippen LogP contribution in [0, 0.1) is 15.4 Å². The van der Waals surface area contributed by atoms with Gasteiger partial charge < -0.3 is 9.47 Å². The lowest BCUT2D eigenvalue weighted by Gasteiger charge is -2.45. The maximum atomic E-state index is 13.9. The van der Waals surface area contributed by atoms with Gasteiger partial charge in [0.15, 0.2) is 11.5 Å². The van der Waals surface area contributed by atoms with Crippen molar-refractivity contribution in [2.45, 2.75) is 25.4 Å². The van der Waals surface area contributed by atoms with Gasteiger partial charge in [0.05, 0.1) is 28.2 Å². The van der Waals surface area contributed by atoms with Gasteiger partial charge in [0, 0.05) is 27.4 Å². The first-order valence-corrected chi connectivity index (χ1v) is 15.8. The largest absolute Gasteiger partial charge is 0.490 e. The average molecular weight is 723 g/mol. The Bertz CT molecular complexity index is 1710. The fraction of sp³-hybridized carbons (Fsp3) is 0.206. The number of hydrazone groups is 1. The zero-order chi connectivity index (χ0) is 29.8. The van der Waals surface area contributed by atoms with Crippen molar-refractivity contribution in [2.24, 2.45) is 16.9 Å². The van der Waals surface area contributed by atoms with Crippen molar-refractivity contribution < 1.29 is 19.1 Å². The Morgan fingerprint density at radius 3 is 1.95 bits per heavy atom. The summed E-state index contributed by atoms with van der Waals surface area (Å²) >= 11 is 14.5. The summed E-state index contributed by atoms with van der Waals surface area (Å²) in [7, 11) is 0. The highest BCUT2D eigenvalue weighted by molar-refractivity contribution is 14.1. The number of ether oxygens (including phenoxy) is 2. The van der Waals surface area contributed by atoms with Crippen molar-refractivity contribution >= 4 is 63.8 Å². The predicted molar refractivity (Wildman–Crippen MR) is 174 cm³/mol. The zero-order valence-corrected chi connectivity index (χ0v) is 26.6. The average Bonchev–Trinajstić information content (AvgIpc) is 3.26. The molecule has 4 aliphatic rings. The molecule has 1 heterocycles. The van der Waals surface area contributed by atoms with Crippen molar-refractivity contribution in [3.63, 3.8) is 0 Å². The summed E-state index contributed by atoms with van der Waals surface area (Å²) in [6.07, 6.45) is 1.54. The van der Waals surface area contributed by atoms with Crippen LogP contribution in [-0.4, -0.2) is 29.6 Å². The lowest BCUT2D eigenvalue weighted by atomic mass is 9.55. The predicted octanol–water partition coefficient (Wildman–Crippen LogP) is 7.80. The van der Waals surface area contributed by atoms with Gasteiger partial charge in [-0.2, -0.15) is 10.1 Å². The molecule has 0 N–H and O–H groups in total. The molecule has 4 aromatic rings. The molecule has 2 amide bonds. The summed E-state index contributed by atoms with van der Waals surface area (Å²) in [5.74, 6) is -0.724. The van der Waals surface area contributed by atoms with Crippen molar-refractivity contribution in [3.8, 4) is 11.5 Å². The van der Waals surface area contributed by atoms with E-state index in [0.717, 1.165) is 36.4 Å². The lowest BCUT2D eigenvalue weighted by Crippen LogP contribution is -2.41. The van der Waals surface area contributed by atoms with Crippen molar-refractivity contribution in [1.82, 2.24) is 5.01 Å². The van der Waals surface area contributed by atoms with Crippen LogP contribution in [0.5, 0.6) is 11.5 Å². The van der Waals surface area contributed by atoms with Crippen LogP contribution < -0.4 is 9.47 Å². The van der Waals surface area contributed by atoms with Gasteiger partial charge in [-0.25, -0.2) is 0 Å². The summed E-state index contributed by atoms with van der Waals surface area (Å²) in [4.78, 5) is 27.7. The van der Waals surface area contributed by atoms with Crippen LogP contribution in [0.15, 0.2) is 84.0 Å². The molecule has 8 rings (SSSR count). The van der Waals surface area contributed by atoms with E-state index in [1.54, 1.807) is 24.4 Å². The molecule has 2 bridgehead atoms. The SMILES string of the molecule is CCOc1cc(/C=N\N2C(=O)[C@H]3C4c5ccccc5C(c5ccccc54)[C@@H]3C2=O)cc(I)c1OCc1ccc(Cl)cc1Cl. The first-order valence-electron chi connectivity index (χ1n) is 14.0. The number of halogens is 3. The van der Waals surface area contributed by atoms with E-state index >= 15 is 0 Å². The van der Waals surface area contributed by atoms with Gasteiger partial charge in [0.2, 0.25) is 0 Å². The van der Waals surface area contributed by atoms with Crippen molar-refractivity contribution in [2.75, 3.05) is 6.61 Å². The molecule has 0 aromatic heterocycles. The third kappa shape index (κ3) is 4.73. The van der Waals surface area contributed by atoms with E-state index in [9.17, 15) is 9.59 Å². The summed E-state index contributed by atoms with van der Waals surface area (Å²) in [5.41, 5.74) is 5.99. The molecule has 1 fully saturated rings. The minimum absolute atomic E-state index is 0.171. The molecule has 216 valence electrons. The number of imide groups is 1. The van der Waals surface area contributed by atoms with Crippen molar-refractivity contribution in [3.05, 3.63) is 126 Å². The molecule has 0 saturated carbocycles. The summed E-state index contributed by atoms with van der Waals surface area (Å²) < 4.78 is 12.8. The van der Waals surface area contributed by atoms with Gasteiger partial charge in [0.25, 0.3) is 11.8 Å². The molecule has 6 nitrogen and oxygen atoms in total. The Hall–Kier alpha value is -3.40. The van der Waals surface area contributed by atoms with E-state index in [0.29, 0.717) is 33.7 Å². The molecule has 0 unspecified atom stereocenters. The number of benzene rings is 4. The normalized spacial score (nSPS) is 21.6. The summed E-state index contributed by atoms with van der Waals surface area (Å²) in [6.45, 7) is 2.54. The Labute approximate surface area is 272 Å². The van der Waals surface area contributed by atoms with E-state index in [1.807, 2.05) is 43.3 Å². The highest BCUT2D eigenvalue weighted by atomic mass is 127. The van der Waals surface area contributed by atoms with Gasteiger partial charge in [-0.05, 0) is 81.6 Å². The van der Waals surface area contributed by atoms with E-state index in [1.165, 1.54) is 0 Å². The van der Waals surface area contributed by atoms with E-state index in [4.69, 9.17) is 32.7 Å². The van der Waals surface area contributed by atoms with Gasteiger partial charge in [-0.15, -0.1) is 0 Å². The van der Waals surface area contributed by atoms with Gasteiger partial charge in [-0.3, -0.25) is 9.59 Å². The van der Waals surface area contributed by atoms with Crippen LogP contribution in [0.2, 0.25) is 10.0 Å². The van der Waals surface area contributed by atoms with Crippen LogP contribution in [0.1, 0.15) is 52.1 Å². The topological polar surface area (TPSA) is 68.2 Å². The molecule has 4 aromatic carbocycles. The number of hydrogen-bond donors (Lipinski definition) is 0. The molecule has 2 atom stereocenters. The second kappa shape index (κ2) is 11.3. The fourth-order valence-corrected chi connectivity index (χ4v) is 8.00. The molecule has 43 heavy (non-hydrogen) atoms. The minimum Gasteiger partial charge on any atom is -0.490 e.